The van der Waals surface area contributed by atoms with Crippen molar-refractivity contribution in [2.24, 2.45) is 0 Å². The van der Waals surface area contributed by atoms with Crippen molar-refractivity contribution in [3.8, 4) is 0 Å². The van der Waals surface area contributed by atoms with Crippen LogP contribution in [0.2, 0.25) is 0 Å². The van der Waals surface area contributed by atoms with Crippen molar-refractivity contribution in [2.75, 3.05) is 5.88 Å². The third kappa shape index (κ3) is 2.75. The fourth-order valence-corrected chi connectivity index (χ4v) is 1.32. The van der Waals surface area contributed by atoms with Crippen LogP contribution in [0.15, 0.2) is 18.2 Å². The molecule has 1 aromatic rings. The van der Waals surface area contributed by atoms with Crippen molar-refractivity contribution in [3.63, 3.8) is 0 Å². The van der Waals surface area contributed by atoms with E-state index in [4.69, 9.17) is 11.6 Å². The molecule has 15 heavy (non-hydrogen) atoms. The van der Waals surface area contributed by atoms with Gasteiger partial charge in [0.2, 0.25) is 0 Å². The Balaban J connectivity index is 3.10. The molecule has 0 amide bonds. The SMILES string of the molecule is CC(=CCCCl)c1ccc(F)c(F)c1F. The highest BCUT2D eigenvalue weighted by Crippen LogP contribution is 2.22. The van der Waals surface area contributed by atoms with E-state index in [0.717, 1.165) is 6.07 Å². The van der Waals surface area contributed by atoms with Crippen LogP contribution >= 0.6 is 11.6 Å². The lowest BCUT2D eigenvalue weighted by atomic mass is 10.1. The van der Waals surface area contributed by atoms with Crippen LogP contribution in [0.25, 0.3) is 5.57 Å². The summed E-state index contributed by atoms with van der Waals surface area (Å²) in [5, 5.41) is 0. The van der Waals surface area contributed by atoms with Crippen molar-refractivity contribution in [1.82, 2.24) is 0 Å². The molecule has 0 saturated carbocycles. The highest BCUT2D eigenvalue weighted by atomic mass is 35.5. The molecule has 0 aliphatic heterocycles. The van der Waals surface area contributed by atoms with Gasteiger partial charge in [0.1, 0.15) is 0 Å². The summed E-state index contributed by atoms with van der Waals surface area (Å²) in [5.41, 5.74) is 0.617. The van der Waals surface area contributed by atoms with Crippen molar-refractivity contribution >= 4 is 17.2 Å². The molecule has 0 fully saturated rings. The van der Waals surface area contributed by atoms with Gasteiger partial charge in [0.25, 0.3) is 0 Å². The van der Waals surface area contributed by atoms with E-state index in [1.54, 1.807) is 13.0 Å². The standard InChI is InChI=1S/C11H10ClF3/c1-7(3-2-6-12)8-4-5-9(13)11(15)10(8)14/h3-5H,2,6H2,1H3. The Labute approximate surface area is 91.4 Å². The van der Waals surface area contributed by atoms with E-state index in [9.17, 15) is 13.2 Å². The second-order valence-corrected chi connectivity index (χ2v) is 3.47. The Morgan fingerprint density at radius 3 is 2.53 bits per heavy atom. The molecule has 0 aliphatic carbocycles. The van der Waals surface area contributed by atoms with Crippen LogP contribution in [0, 0.1) is 17.5 Å². The molecular formula is C11H10ClF3. The summed E-state index contributed by atoms with van der Waals surface area (Å²) >= 11 is 5.46. The number of rotatable bonds is 3. The predicted octanol–water partition coefficient (Wildman–Crippen LogP) is 4.14. The molecule has 0 saturated heterocycles. The first kappa shape index (κ1) is 12.1. The lowest BCUT2D eigenvalue weighted by Crippen LogP contribution is -1.95. The lowest BCUT2D eigenvalue weighted by molar-refractivity contribution is 0.445. The molecule has 0 heterocycles. The van der Waals surface area contributed by atoms with E-state index in [1.807, 2.05) is 0 Å². The van der Waals surface area contributed by atoms with Crippen LogP contribution in [0.1, 0.15) is 18.9 Å². The zero-order valence-corrected chi connectivity index (χ0v) is 8.91. The minimum Gasteiger partial charge on any atom is -0.204 e. The number of hydrogen-bond acceptors (Lipinski definition) is 0. The zero-order valence-electron chi connectivity index (χ0n) is 8.16. The highest BCUT2D eigenvalue weighted by Gasteiger charge is 2.13. The molecule has 0 nitrogen and oxygen atoms in total. The minimum atomic E-state index is -1.44. The smallest absolute Gasteiger partial charge is 0.195 e. The van der Waals surface area contributed by atoms with Crippen molar-refractivity contribution < 1.29 is 13.2 Å². The summed E-state index contributed by atoms with van der Waals surface area (Å²) in [7, 11) is 0. The van der Waals surface area contributed by atoms with Gasteiger partial charge in [-0.2, -0.15) is 0 Å². The molecule has 0 N–H and O–H groups in total. The number of alkyl halides is 1. The normalized spacial score (nSPS) is 11.9. The van der Waals surface area contributed by atoms with Gasteiger partial charge in [0, 0.05) is 11.4 Å². The first-order valence-electron chi connectivity index (χ1n) is 4.44. The molecule has 0 aromatic heterocycles. The van der Waals surface area contributed by atoms with Crippen molar-refractivity contribution in [3.05, 3.63) is 41.2 Å². The Morgan fingerprint density at radius 1 is 1.27 bits per heavy atom. The molecule has 0 unspecified atom stereocenters. The number of halogens is 4. The van der Waals surface area contributed by atoms with Crippen molar-refractivity contribution in [2.45, 2.75) is 13.3 Å². The van der Waals surface area contributed by atoms with Crippen LogP contribution in [0.5, 0.6) is 0 Å². The Hall–Kier alpha value is -0.960. The molecule has 1 rings (SSSR count). The average molecular weight is 235 g/mol. The van der Waals surface area contributed by atoms with Crippen LogP contribution in [-0.2, 0) is 0 Å². The summed E-state index contributed by atoms with van der Waals surface area (Å²) in [4.78, 5) is 0. The van der Waals surface area contributed by atoms with Gasteiger partial charge in [0.15, 0.2) is 17.5 Å². The van der Waals surface area contributed by atoms with Crippen molar-refractivity contribution in [1.29, 1.82) is 0 Å². The van der Waals surface area contributed by atoms with Gasteiger partial charge in [0.05, 0.1) is 0 Å². The van der Waals surface area contributed by atoms with Gasteiger partial charge in [-0.15, -0.1) is 11.6 Å². The zero-order chi connectivity index (χ0) is 11.4. The Morgan fingerprint density at radius 2 is 1.93 bits per heavy atom. The molecule has 4 heteroatoms. The van der Waals surface area contributed by atoms with E-state index in [2.05, 4.69) is 0 Å². The fourth-order valence-electron chi connectivity index (χ4n) is 1.21. The highest BCUT2D eigenvalue weighted by molar-refractivity contribution is 6.17. The molecule has 0 radical (unpaired) electrons. The van der Waals surface area contributed by atoms with E-state index in [1.165, 1.54) is 6.07 Å². The molecule has 0 bridgehead atoms. The van der Waals surface area contributed by atoms with Crippen LogP contribution in [0.3, 0.4) is 0 Å². The largest absolute Gasteiger partial charge is 0.204 e. The van der Waals surface area contributed by atoms with Gasteiger partial charge in [-0.25, -0.2) is 13.2 Å². The Bertz CT molecular complexity index is 386. The van der Waals surface area contributed by atoms with Crippen LogP contribution < -0.4 is 0 Å². The van der Waals surface area contributed by atoms with Gasteiger partial charge < -0.3 is 0 Å². The third-order valence-electron chi connectivity index (χ3n) is 2.02. The summed E-state index contributed by atoms with van der Waals surface area (Å²) < 4.78 is 38.7. The van der Waals surface area contributed by atoms with Gasteiger partial charge in [-0.05, 0) is 31.1 Å². The number of hydrogen-bond donors (Lipinski definition) is 0. The van der Waals surface area contributed by atoms with Gasteiger partial charge in [-0.3, -0.25) is 0 Å². The van der Waals surface area contributed by atoms with E-state index >= 15 is 0 Å². The molecule has 1 aromatic carbocycles. The average Bonchev–Trinajstić information content (AvgIpc) is 2.23. The maximum Gasteiger partial charge on any atom is 0.195 e. The summed E-state index contributed by atoms with van der Waals surface area (Å²) in [6.07, 6.45) is 2.24. The van der Waals surface area contributed by atoms with E-state index in [0.29, 0.717) is 17.9 Å². The quantitative estimate of drug-likeness (QED) is 0.545. The minimum absolute atomic E-state index is 0.0685. The molecule has 0 atom stereocenters. The lowest BCUT2D eigenvalue weighted by Gasteiger charge is -2.04. The van der Waals surface area contributed by atoms with E-state index < -0.39 is 17.5 Å². The molecule has 0 aliphatic rings. The second-order valence-electron chi connectivity index (χ2n) is 3.09. The van der Waals surface area contributed by atoms with Gasteiger partial charge in [-0.1, -0.05) is 6.08 Å². The maximum absolute atomic E-state index is 13.3. The predicted molar refractivity (Wildman–Crippen MR) is 55.3 cm³/mol. The molecule has 0 spiro atoms. The molecular weight excluding hydrogens is 225 g/mol. The second kappa shape index (κ2) is 5.21. The van der Waals surface area contributed by atoms with Crippen LogP contribution in [0.4, 0.5) is 13.2 Å². The summed E-state index contributed by atoms with van der Waals surface area (Å²) in [6.45, 7) is 1.63. The third-order valence-corrected chi connectivity index (χ3v) is 2.24. The number of allylic oxidation sites excluding steroid dienone is 2. The first-order valence-corrected chi connectivity index (χ1v) is 4.98. The number of benzene rings is 1. The van der Waals surface area contributed by atoms with E-state index in [-0.39, 0.29) is 5.56 Å². The summed E-state index contributed by atoms with van der Waals surface area (Å²) in [5.74, 6) is -3.37. The monoisotopic (exact) mass is 234 g/mol. The summed E-state index contributed by atoms with van der Waals surface area (Å²) in [6, 6.07) is 2.12. The first-order chi connectivity index (χ1) is 7.07. The van der Waals surface area contributed by atoms with Gasteiger partial charge >= 0.3 is 0 Å². The molecule has 82 valence electrons. The fraction of sp³-hybridized carbons (Fsp3) is 0.273. The Kier molecular flexibility index (Phi) is 4.21. The topological polar surface area (TPSA) is 0 Å². The maximum atomic E-state index is 13.3. The van der Waals surface area contributed by atoms with Crippen LogP contribution in [-0.4, -0.2) is 5.88 Å².